The summed E-state index contributed by atoms with van der Waals surface area (Å²) in [5, 5.41) is 4.97. The van der Waals surface area contributed by atoms with Gasteiger partial charge in [-0.1, -0.05) is 71.8 Å². The number of benzene rings is 3. The molecular weight excluding hydrogens is 516 g/mol. The molecule has 0 saturated carbocycles. The van der Waals surface area contributed by atoms with Crippen molar-refractivity contribution in [3.05, 3.63) is 123 Å². The molecule has 0 aliphatic carbocycles. The van der Waals surface area contributed by atoms with E-state index in [1.807, 2.05) is 98.9 Å². The van der Waals surface area contributed by atoms with Crippen molar-refractivity contribution in [1.29, 1.82) is 0 Å². The number of allylic oxidation sites excluding steroid dienone is 1. The van der Waals surface area contributed by atoms with Crippen molar-refractivity contribution in [2.75, 3.05) is 10.2 Å². The molecule has 1 amide bonds. The minimum atomic E-state index is -1.29. The number of ketones is 2. The first kappa shape index (κ1) is 24.7. The zero-order valence-electron chi connectivity index (χ0n) is 22.5. The Morgan fingerprint density at radius 3 is 2.38 bits per heavy atom. The van der Waals surface area contributed by atoms with Crippen LogP contribution in [-0.2, 0) is 10.2 Å². The quantitative estimate of drug-likeness (QED) is 0.294. The van der Waals surface area contributed by atoms with Crippen LogP contribution in [0.25, 0.3) is 5.57 Å². The molecular formula is C34H28N2O3S. The van der Waals surface area contributed by atoms with Gasteiger partial charge in [-0.25, -0.2) is 0 Å². The molecule has 0 bridgehead atoms. The summed E-state index contributed by atoms with van der Waals surface area (Å²) in [6, 6.07) is 23.5. The number of carbonyl (C=O) groups is 3. The lowest BCUT2D eigenvalue weighted by molar-refractivity contribution is -0.121. The van der Waals surface area contributed by atoms with Crippen LogP contribution < -0.4 is 10.2 Å². The third kappa shape index (κ3) is 3.29. The molecule has 1 aromatic heterocycles. The van der Waals surface area contributed by atoms with Gasteiger partial charge >= 0.3 is 0 Å². The largest absolute Gasteiger partial charge is 0.352 e. The molecule has 40 heavy (non-hydrogen) atoms. The fourth-order valence-electron chi connectivity index (χ4n) is 7.01. The maximum atomic E-state index is 14.8. The number of hydrogen-bond acceptors (Lipinski definition) is 5. The summed E-state index contributed by atoms with van der Waals surface area (Å²) in [7, 11) is 0. The van der Waals surface area contributed by atoms with Crippen molar-refractivity contribution in [3.63, 3.8) is 0 Å². The van der Waals surface area contributed by atoms with Crippen molar-refractivity contribution >= 4 is 45.8 Å². The lowest BCUT2D eigenvalue weighted by Crippen LogP contribution is -2.51. The highest BCUT2D eigenvalue weighted by Crippen LogP contribution is 2.59. The average Bonchev–Trinajstić information content (AvgIpc) is 3.66. The summed E-state index contributed by atoms with van der Waals surface area (Å²) in [5.74, 6) is -1.53. The molecule has 3 aromatic carbocycles. The zero-order chi connectivity index (χ0) is 27.8. The number of anilines is 2. The molecule has 198 valence electrons. The molecule has 7 rings (SSSR count). The van der Waals surface area contributed by atoms with Crippen LogP contribution >= 0.6 is 11.3 Å². The van der Waals surface area contributed by atoms with Crippen molar-refractivity contribution in [3.8, 4) is 0 Å². The van der Waals surface area contributed by atoms with E-state index in [9.17, 15) is 14.4 Å². The van der Waals surface area contributed by atoms with Gasteiger partial charge < -0.3 is 10.2 Å². The van der Waals surface area contributed by atoms with Gasteiger partial charge in [0.2, 0.25) is 5.91 Å². The maximum absolute atomic E-state index is 14.8. The maximum Gasteiger partial charge on any atom is 0.238 e. The Labute approximate surface area is 237 Å². The Morgan fingerprint density at radius 1 is 0.875 bits per heavy atom. The summed E-state index contributed by atoms with van der Waals surface area (Å²) < 4.78 is 0. The van der Waals surface area contributed by atoms with E-state index >= 15 is 0 Å². The molecule has 6 heteroatoms. The second-order valence-corrected chi connectivity index (χ2v) is 12.0. The predicted molar refractivity (Wildman–Crippen MR) is 159 cm³/mol. The molecule has 4 atom stereocenters. The van der Waals surface area contributed by atoms with Gasteiger partial charge in [0.1, 0.15) is 11.5 Å². The summed E-state index contributed by atoms with van der Waals surface area (Å²) in [6.45, 7) is 6.07. The molecule has 1 N–H and O–H groups in total. The number of nitrogens with one attached hydrogen (secondary N) is 1. The number of fused-ring (bicyclic) bond motifs is 6. The zero-order valence-corrected chi connectivity index (χ0v) is 23.3. The van der Waals surface area contributed by atoms with Crippen LogP contribution in [-0.4, -0.2) is 29.6 Å². The van der Waals surface area contributed by atoms with Crippen LogP contribution in [0.5, 0.6) is 0 Å². The van der Waals surface area contributed by atoms with Crippen LogP contribution in [0.4, 0.5) is 11.4 Å². The van der Waals surface area contributed by atoms with Gasteiger partial charge in [-0.05, 0) is 61.6 Å². The third-order valence-corrected chi connectivity index (χ3v) is 9.67. The van der Waals surface area contributed by atoms with E-state index < -0.39 is 23.4 Å². The van der Waals surface area contributed by atoms with E-state index in [2.05, 4.69) is 22.4 Å². The Bertz CT molecular complexity index is 1740. The highest BCUT2D eigenvalue weighted by atomic mass is 32.1. The number of thiophene rings is 1. The second-order valence-electron chi connectivity index (χ2n) is 11.1. The molecule has 1 saturated heterocycles. The normalized spacial score (nSPS) is 24.3. The lowest BCUT2D eigenvalue weighted by atomic mass is 9.64. The van der Waals surface area contributed by atoms with Crippen LogP contribution in [0, 0.1) is 19.8 Å². The van der Waals surface area contributed by atoms with Gasteiger partial charge in [0.15, 0.2) is 11.6 Å². The van der Waals surface area contributed by atoms with E-state index in [1.165, 1.54) is 11.3 Å². The molecule has 0 unspecified atom stereocenters. The molecule has 3 aliphatic rings. The first-order chi connectivity index (χ1) is 19.3. The highest BCUT2D eigenvalue weighted by Gasteiger charge is 2.70. The predicted octanol–water partition coefficient (Wildman–Crippen LogP) is 6.61. The Hall–Kier alpha value is -4.29. The van der Waals surface area contributed by atoms with Gasteiger partial charge in [-0.2, -0.15) is 0 Å². The first-order valence-electron chi connectivity index (χ1n) is 13.5. The number of para-hydroxylation sites is 1. The molecule has 4 aromatic rings. The molecule has 1 fully saturated rings. The van der Waals surface area contributed by atoms with Crippen LogP contribution in [0.3, 0.4) is 0 Å². The highest BCUT2D eigenvalue weighted by molar-refractivity contribution is 7.12. The Balaban J connectivity index is 1.56. The summed E-state index contributed by atoms with van der Waals surface area (Å²) in [6.07, 6.45) is 2.10. The van der Waals surface area contributed by atoms with Crippen LogP contribution in [0.15, 0.2) is 90.3 Å². The number of nitrogens with zero attached hydrogens (tertiary/aromatic N) is 1. The lowest BCUT2D eigenvalue weighted by Gasteiger charge is -2.39. The van der Waals surface area contributed by atoms with E-state index in [0.717, 1.165) is 33.5 Å². The van der Waals surface area contributed by atoms with Crippen LogP contribution in [0.1, 0.15) is 49.2 Å². The number of Topliss-reactive ketones (excluding diaryl/α,β-unsaturated/α-hetero) is 2. The minimum absolute atomic E-state index is 0.140. The topological polar surface area (TPSA) is 66.5 Å². The molecule has 1 spiro atoms. The fourth-order valence-corrected chi connectivity index (χ4v) is 7.71. The van der Waals surface area contributed by atoms with E-state index in [4.69, 9.17) is 0 Å². The number of rotatable bonds is 4. The van der Waals surface area contributed by atoms with Gasteiger partial charge in [0, 0.05) is 22.5 Å². The first-order valence-corrected chi connectivity index (χ1v) is 14.4. The summed E-state index contributed by atoms with van der Waals surface area (Å²) >= 11 is 1.37. The van der Waals surface area contributed by atoms with Gasteiger partial charge in [0.25, 0.3) is 0 Å². The van der Waals surface area contributed by atoms with Crippen molar-refractivity contribution < 1.29 is 14.4 Å². The second kappa shape index (κ2) is 8.86. The number of amides is 1. The monoisotopic (exact) mass is 544 g/mol. The van der Waals surface area contributed by atoms with Gasteiger partial charge in [0.05, 0.1) is 16.8 Å². The average molecular weight is 545 g/mol. The third-order valence-electron chi connectivity index (χ3n) is 8.78. The van der Waals surface area contributed by atoms with Crippen LogP contribution in [0.2, 0.25) is 0 Å². The van der Waals surface area contributed by atoms with Crippen molar-refractivity contribution in [1.82, 2.24) is 0 Å². The summed E-state index contributed by atoms with van der Waals surface area (Å²) in [4.78, 5) is 46.4. The Kier molecular flexibility index (Phi) is 5.48. The van der Waals surface area contributed by atoms with E-state index in [-0.39, 0.29) is 17.5 Å². The smallest absolute Gasteiger partial charge is 0.238 e. The fraction of sp³-hybridized carbons (Fsp3) is 0.206. The molecule has 3 aliphatic heterocycles. The molecule has 0 radical (unpaired) electrons. The van der Waals surface area contributed by atoms with Crippen molar-refractivity contribution in [2.45, 2.75) is 38.3 Å². The standard InChI is InChI=1S/C34H28N2O3S/c1-19-10-13-22(14-11-19)31(37)29-30(32(38)27-9-6-16-40-27)36-26-15-12-20(2)17-23(26)21(3)18-28(36)34(29)24-7-4-5-8-25(24)35-33(34)39/h4-18,28-30H,1-3H3,(H,35,39)/t28-,29-,30-,34-/m0/s1. The number of aryl methyl sites for hydroxylation is 2. The molecule has 5 nitrogen and oxygen atoms in total. The van der Waals surface area contributed by atoms with Crippen molar-refractivity contribution in [2.24, 2.45) is 5.92 Å². The number of carbonyl (C=O) groups excluding carboxylic acids is 3. The van der Waals surface area contributed by atoms with E-state index in [1.54, 1.807) is 0 Å². The van der Waals surface area contributed by atoms with Gasteiger partial charge in [-0.3, -0.25) is 14.4 Å². The minimum Gasteiger partial charge on any atom is -0.352 e. The number of hydrogen-bond donors (Lipinski definition) is 1. The van der Waals surface area contributed by atoms with Gasteiger partial charge in [-0.15, -0.1) is 11.3 Å². The van der Waals surface area contributed by atoms with E-state index in [0.29, 0.717) is 16.1 Å². The SMILES string of the molecule is CC1=C[C@@H]2N(c3ccc(C)cc31)[C@H](C(=O)c1cccs1)[C@@H](C(=O)c1ccc(C)cc1)[C@@]21C(=O)Nc2ccccc21. The Morgan fingerprint density at radius 2 is 1.62 bits per heavy atom. The molecule has 4 heterocycles. The summed E-state index contributed by atoms with van der Waals surface area (Å²) in [5.41, 5.74) is 5.74.